The fraction of sp³-hybridized carbons (Fsp3) is 0.231. The molecule has 0 unspecified atom stereocenters. The Balaban J connectivity index is 1.90. The molecule has 24 heavy (non-hydrogen) atoms. The van der Waals surface area contributed by atoms with Crippen LogP contribution in [0, 0.1) is 0 Å². The zero-order valence-electron chi connectivity index (χ0n) is 12.2. The third kappa shape index (κ3) is 3.51. The van der Waals surface area contributed by atoms with Crippen molar-refractivity contribution in [2.75, 3.05) is 6.61 Å². The van der Waals surface area contributed by atoms with Crippen LogP contribution in [0.15, 0.2) is 39.1 Å². The molecule has 1 aromatic carbocycles. The van der Waals surface area contributed by atoms with E-state index in [4.69, 9.17) is 4.74 Å². The van der Waals surface area contributed by atoms with Crippen molar-refractivity contribution >= 4 is 23.1 Å². The second-order valence-electron chi connectivity index (χ2n) is 4.37. The third-order valence-electron chi connectivity index (χ3n) is 2.79. The van der Waals surface area contributed by atoms with Gasteiger partial charge in [-0.25, -0.2) is 4.98 Å². The normalized spacial score (nSPS) is 11.7. The number of aromatic nitrogens is 5. The number of hydrogen-bond acceptors (Lipinski definition) is 7. The van der Waals surface area contributed by atoms with E-state index in [1.807, 2.05) is 13.0 Å². The van der Waals surface area contributed by atoms with Gasteiger partial charge in [0.05, 0.1) is 6.61 Å². The van der Waals surface area contributed by atoms with Gasteiger partial charge in [-0.3, -0.25) is 0 Å². The van der Waals surface area contributed by atoms with Crippen LogP contribution in [0.2, 0.25) is 0 Å². The van der Waals surface area contributed by atoms with Crippen molar-refractivity contribution in [3.8, 4) is 11.4 Å². The lowest BCUT2D eigenvalue weighted by Gasteiger charge is -2.09. The molecule has 0 radical (unpaired) electrons. The molecular weight excluding hydrogens is 363 g/mol. The van der Waals surface area contributed by atoms with E-state index in [1.54, 1.807) is 18.2 Å². The lowest BCUT2D eigenvalue weighted by Crippen LogP contribution is -2.05. The van der Waals surface area contributed by atoms with Gasteiger partial charge in [0.1, 0.15) is 11.4 Å². The van der Waals surface area contributed by atoms with Crippen LogP contribution in [-0.2, 0) is 6.18 Å². The van der Waals surface area contributed by atoms with E-state index in [1.165, 1.54) is 4.68 Å². The van der Waals surface area contributed by atoms with Crippen LogP contribution in [0.1, 0.15) is 12.6 Å². The van der Waals surface area contributed by atoms with E-state index in [-0.39, 0.29) is 4.34 Å². The zero-order chi connectivity index (χ0) is 17.2. The van der Waals surface area contributed by atoms with Gasteiger partial charge in [0.2, 0.25) is 5.16 Å². The maximum absolute atomic E-state index is 12.6. The van der Waals surface area contributed by atoms with E-state index in [9.17, 15) is 13.2 Å². The first-order chi connectivity index (χ1) is 11.5. The summed E-state index contributed by atoms with van der Waals surface area (Å²) in [5.74, 6) is 0.573. The minimum absolute atomic E-state index is 0.201. The van der Waals surface area contributed by atoms with Crippen molar-refractivity contribution in [2.24, 2.45) is 0 Å². The lowest BCUT2D eigenvalue weighted by molar-refractivity contribution is -0.141. The molecule has 0 N–H and O–H groups in total. The Morgan fingerprint density at radius 2 is 2.08 bits per heavy atom. The fourth-order valence-electron chi connectivity index (χ4n) is 1.82. The molecule has 6 nitrogen and oxygen atoms in total. The fourth-order valence-corrected chi connectivity index (χ4v) is 3.52. The molecule has 2 aromatic heterocycles. The Kier molecular flexibility index (Phi) is 4.71. The Hall–Kier alpha value is -2.14. The quantitative estimate of drug-likeness (QED) is 0.680. The molecule has 0 bridgehead atoms. The number of tetrazole rings is 1. The smallest absolute Gasteiger partial charge is 0.434 e. The predicted molar refractivity (Wildman–Crippen MR) is 81.6 cm³/mol. The number of benzene rings is 1. The van der Waals surface area contributed by atoms with Crippen molar-refractivity contribution in [1.82, 2.24) is 25.2 Å². The molecule has 0 saturated carbocycles. The number of alkyl halides is 3. The van der Waals surface area contributed by atoms with Crippen molar-refractivity contribution < 1.29 is 17.9 Å². The van der Waals surface area contributed by atoms with Crippen LogP contribution in [0.5, 0.6) is 5.75 Å². The highest BCUT2D eigenvalue weighted by Crippen LogP contribution is 2.36. The number of halogens is 3. The average Bonchev–Trinajstić information content (AvgIpc) is 3.18. The number of thiazole rings is 1. The van der Waals surface area contributed by atoms with E-state index < -0.39 is 11.9 Å². The molecule has 3 rings (SSSR count). The summed E-state index contributed by atoms with van der Waals surface area (Å²) in [4.78, 5) is 3.57. The van der Waals surface area contributed by atoms with Crippen LogP contribution in [0.3, 0.4) is 0 Å². The average molecular weight is 373 g/mol. The summed E-state index contributed by atoms with van der Waals surface area (Å²) in [5.41, 5.74) is -0.330. The summed E-state index contributed by atoms with van der Waals surface area (Å²) in [5, 5.41) is 12.6. The standard InChI is InChI=1S/C13H10F3N5OS2/c1-2-22-9-6-4-3-5-8(9)21-11(18-19-20-21)24-12-17-10(7-23-12)13(14,15)16/h3-7H,2H2,1H3. The van der Waals surface area contributed by atoms with Crippen molar-refractivity contribution in [1.29, 1.82) is 0 Å². The zero-order valence-corrected chi connectivity index (χ0v) is 13.8. The highest BCUT2D eigenvalue weighted by atomic mass is 32.2. The highest BCUT2D eigenvalue weighted by Gasteiger charge is 2.34. The van der Waals surface area contributed by atoms with Crippen LogP contribution in [0.4, 0.5) is 13.2 Å². The molecule has 2 heterocycles. The molecule has 11 heteroatoms. The van der Waals surface area contributed by atoms with Gasteiger partial charge in [-0.1, -0.05) is 12.1 Å². The van der Waals surface area contributed by atoms with E-state index in [0.717, 1.165) is 28.5 Å². The summed E-state index contributed by atoms with van der Waals surface area (Å²) >= 11 is 1.84. The molecular formula is C13H10F3N5OS2. The predicted octanol–water partition coefficient (Wildman–Crippen LogP) is 3.69. The Morgan fingerprint density at radius 1 is 1.29 bits per heavy atom. The first-order valence-electron chi connectivity index (χ1n) is 6.70. The molecule has 0 aliphatic carbocycles. The van der Waals surface area contributed by atoms with Gasteiger partial charge in [0, 0.05) is 5.38 Å². The Morgan fingerprint density at radius 3 is 2.79 bits per heavy atom. The van der Waals surface area contributed by atoms with Gasteiger partial charge in [0.25, 0.3) is 0 Å². The number of nitrogens with zero attached hydrogens (tertiary/aromatic N) is 5. The van der Waals surface area contributed by atoms with Crippen molar-refractivity contribution in [3.63, 3.8) is 0 Å². The summed E-state index contributed by atoms with van der Waals surface area (Å²) in [6, 6.07) is 7.12. The number of ether oxygens (including phenoxy) is 1. The monoisotopic (exact) mass is 373 g/mol. The topological polar surface area (TPSA) is 65.7 Å². The number of rotatable bonds is 5. The van der Waals surface area contributed by atoms with Gasteiger partial charge in [0.15, 0.2) is 10.0 Å². The first-order valence-corrected chi connectivity index (χ1v) is 8.40. The van der Waals surface area contributed by atoms with Gasteiger partial charge in [-0.15, -0.1) is 16.4 Å². The van der Waals surface area contributed by atoms with Gasteiger partial charge in [-0.2, -0.15) is 17.9 Å². The maximum Gasteiger partial charge on any atom is 0.434 e. The third-order valence-corrected chi connectivity index (χ3v) is 4.66. The van der Waals surface area contributed by atoms with E-state index in [0.29, 0.717) is 23.2 Å². The van der Waals surface area contributed by atoms with Crippen LogP contribution in [0.25, 0.3) is 5.69 Å². The molecule has 0 saturated heterocycles. The Labute approximate surface area is 142 Å². The van der Waals surface area contributed by atoms with Gasteiger partial charge in [-0.05, 0) is 41.2 Å². The SMILES string of the molecule is CCOc1ccccc1-n1nnnc1Sc1nc(C(F)(F)F)cs1. The first kappa shape index (κ1) is 16.7. The molecule has 0 amide bonds. The molecule has 0 fully saturated rings. The molecule has 0 aliphatic heterocycles. The van der Waals surface area contributed by atoms with Gasteiger partial charge >= 0.3 is 6.18 Å². The number of hydrogen-bond donors (Lipinski definition) is 0. The number of para-hydroxylation sites is 2. The van der Waals surface area contributed by atoms with E-state index >= 15 is 0 Å². The molecule has 3 aromatic rings. The summed E-state index contributed by atoms with van der Waals surface area (Å²) < 4.78 is 45.0. The minimum Gasteiger partial charge on any atom is -0.492 e. The van der Waals surface area contributed by atoms with Crippen molar-refractivity contribution in [2.45, 2.75) is 22.6 Å². The van der Waals surface area contributed by atoms with Crippen LogP contribution >= 0.6 is 23.1 Å². The van der Waals surface area contributed by atoms with Crippen LogP contribution < -0.4 is 4.74 Å². The molecule has 0 atom stereocenters. The van der Waals surface area contributed by atoms with Crippen molar-refractivity contribution in [3.05, 3.63) is 35.3 Å². The molecule has 0 aliphatic rings. The molecule has 0 spiro atoms. The largest absolute Gasteiger partial charge is 0.492 e. The van der Waals surface area contributed by atoms with E-state index in [2.05, 4.69) is 20.5 Å². The molecule has 126 valence electrons. The Bertz CT molecular complexity index is 833. The highest BCUT2D eigenvalue weighted by molar-refractivity contribution is 8.00. The second-order valence-corrected chi connectivity index (χ2v) is 6.44. The van der Waals surface area contributed by atoms with Gasteiger partial charge < -0.3 is 4.74 Å². The summed E-state index contributed by atoms with van der Waals surface area (Å²) in [6.07, 6.45) is -4.47. The summed E-state index contributed by atoms with van der Waals surface area (Å²) in [7, 11) is 0. The maximum atomic E-state index is 12.6. The van der Waals surface area contributed by atoms with Crippen LogP contribution in [-0.4, -0.2) is 31.8 Å². The minimum atomic E-state index is -4.47. The summed E-state index contributed by atoms with van der Waals surface area (Å²) in [6.45, 7) is 2.31. The second kappa shape index (κ2) is 6.77. The lowest BCUT2D eigenvalue weighted by atomic mass is 10.3.